The number of alkyl carbamates (subject to hydrolysis) is 1. The van der Waals surface area contributed by atoms with Crippen LogP contribution in [0.2, 0.25) is 0 Å². The molecule has 0 saturated heterocycles. The average Bonchev–Trinajstić information content (AvgIpc) is 2.71. The molecular weight excluding hydrogens is 424 g/mol. The molecule has 2 unspecified atom stereocenters. The first kappa shape index (κ1) is 26.1. The van der Waals surface area contributed by atoms with Gasteiger partial charge in [0, 0.05) is 12.8 Å². The van der Waals surface area contributed by atoms with Crippen LogP contribution >= 0.6 is 0 Å². The Hall–Kier alpha value is -3.13. The van der Waals surface area contributed by atoms with Gasteiger partial charge in [0.15, 0.2) is 0 Å². The number of nitrogens with one attached hydrogen (secondary N) is 1. The van der Waals surface area contributed by atoms with Crippen LogP contribution in [-0.4, -0.2) is 40.8 Å². The molecule has 0 heterocycles. The monoisotopic (exact) mass is 458 g/mol. The predicted octanol–water partition coefficient (Wildman–Crippen LogP) is 3.92. The molecule has 4 N–H and O–H groups in total. The molecule has 0 fully saturated rings. The molecule has 0 spiro atoms. The van der Waals surface area contributed by atoms with Crippen LogP contribution in [0.4, 0.5) is 4.79 Å². The molecule has 0 bridgehead atoms. The third kappa shape index (κ3) is 9.49. The fraction of sp³-hybridized carbons (Fsp3) is 0.480. The predicted molar refractivity (Wildman–Crippen MR) is 126 cm³/mol. The van der Waals surface area contributed by atoms with E-state index in [-0.39, 0.29) is 18.9 Å². The first-order chi connectivity index (χ1) is 15.4. The lowest BCUT2D eigenvalue weighted by molar-refractivity contribution is -0.137. The molecule has 0 aliphatic heterocycles. The number of hydrogen-bond acceptors (Lipinski definition) is 5. The maximum atomic E-state index is 12.2. The number of primary amides is 1. The first-order valence-electron chi connectivity index (χ1n) is 11.1. The van der Waals surface area contributed by atoms with Gasteiger partial charge >= 0.3 is 12.1 Å². The van der Waals surface area contributed by atoms with E-state index in [9.17, 15) is 14.4 Å². The molecule has 2 aromatic rings. The van der Waals surface area contributed by atoms with Crippen molar-refractivity contribution in [3.05, 3.63) is 47.5 Å². The van der Waals surface area contributed by atoms with Crippen molar-refractivity contribution < 1.29 is 29.0 Å². The lowest BCUT2D eigenvalue weighted by atomic mass is 10.0. The summed E-state index contributed by atoms with van der Waals surface area (Å²) in [6.45, 7) is 7.49. The van der Waals surface area contributed by atoms with Crippen molar-refractivity contribution in [3.8, 4) is 0 Å². The van der Waals surface area contributed by atoms with E-state index in [1.54, 1.807) is 20.8 Å². The van der Waals surface area contributed by atoms with Crippen LogP contribution in [0.3, 0.4) is 0 Å². The minimum atomic E-state index is -0.813. The Labute approximate surface area is 194 Å². The van der Waals surface area contributed by atoms with Crippen LogP contribution in [0.15, 0.2) is 36.4 Å². The Morgan fingerprint density at radius 2 is 1.64 bits per heavy atom. The maximum absolute atomic E-state index is 12.2. The van der Waals surface area contributed by atoms with Crippen molar-refractivity contribution in [1.29, 1.82) is 0 Å². The summed E-state index contributed by atoms with van der Waals surface area (Å²) in [5, 5.41) is 13.7. The number of fused-ring (bicyclic) bond motifs is 1. The van der Waals surface area contributed by atoms with E-state index in [0.717, 1.165) is 21.9 Å². The van der Waals surface area contributed by atoms with Crippen molar-refractivity contribution in [2.75, 3.05) is 0 Å². The number of aryl methyl sites for hydroxylation is 1. The number of nitrogens with two attached hydrogens (primary N) is 1. The summed E-state index contributed by atoms with van der Waals surface area (Å²) in [6, 6.07) is 11.4. The molecule has 0 radical (unpaired) electrons. The van der Waals surface area contributed by atoms with Gasteiger partial charge in [0.05, 0.1) is 18.8 Å². The van der Waals surface area contributed by atoms with Crippen molar-refractivity contribution >= 4 is 28.7 Å². The molecule has 0 aliphatic rings. The summed E-state index contributed by atoms with van der Waals surface area (Å²) in [7, 11) is 0. The second kappa shape index (κ2) is 11.7. The Bertz CT molecular complexity index is 983. The van der Waals surface area contributed by atoms with Crippen LogP contribution in [-0.2, 0) is 32.1 Å². The topological polar surface area (TPSA) is 128 Å². The third-order valence-electron chi connectivity index (χ3n) is 5.08. The van der Waals surface area contributed by atoms with E-state index in [4.69, 9.17) is 20.3 Å². The zero-order chi connectivity index (χ0) is 24.6. The minimum absolute atomic E-state index is 0.101. The lowest BCUT2D eigenvalue weighted by Crippen LogP contribution is -2.45. The van der Waals surface area contributed by atoms with Crippen LogP contribution in [0.1, 0.15) is 58.1 Å². The van der Waals surface area contributed by atoms with E-state index in [0.29, 0.717) is 19.4 Å². The van der Waals surface area contributed by atoms with E-state index in [1.807, 2.05) is 43.3 Å². The molecular formula is C25H34N2O6. The summed E-state index contributed by atoms with van der Waals surface area (Å²) < 4.78 is 11.3. The zero-order valence-electron chi connectivity index (χ0n) is 19.7. The van der Waals surface area contributed by atoms with Crippen LogP contribution in [0, 0.1) is 0 Å². The standard InChI is InChI=1S/C25H34N2O6/c1-16(21(10-11-22(26)28)27-24(31)33-25(2,3)4)32-15-18-6-9-19-13-17(7-12-23(29)30)5-8-20(19)14-18/h5-6,8-9,13-14,16,21H,7,10-12,15H2,1-4H3,(H2,26,28)(H,27,31)(H,29,30). The highest BCUT2D eigenvalue weighted by Crippen LogP contribution is 2.20. The summed E-state index contributed by atoms with van der Waals surface area (Å²) in [4.78, 5) is 34.2. The second-order valence-electron chi connectivity index (χ2n) is 9.18. The molecule has 2 atom stereocenters. The normalized spacial score (nSPS) is 13.3. The quantitative estimate of drug-likeness (QED) is 0.468. The molecule has 0 aromatic heterocycles. The Kier molecular flexibility index (Phi) is 9.22. The summed E-state index contributed by atoms with van der Waals surface area (Å²) in [5.41, 5.74) is 6.58. The van der Waals surface area contributed by atoms with Crippen LogP contribution in [0.25, 0.3) is 10.8 Å². The molecule has 2 aromatic carbocycles. The van der Waals surface area contributed by atoms with Crippen molar-refractivity contribution in [3.63, 3.8) is 0 Å². The van der Waals surface area contributed by atoms with E-state index >= 15 is 0 Å². The van der Waals surface area contributed by atoms with Crippen molar-refractivity contribution in [2.24, 2.45) is 5.73 Å². The number of ether oxygens (including phenoxy) is 2. The number of carboxylic acid groups (broad SMARTS) is 1. The van der Waals surface area contributed by atoms with Gasteiger partial charge in [-0.25, -0.2) is 4.79 Å². The fourth-order valence-corrected chi connectivity index (χ4v) is 3.37. The van der Waals surface area contributed by atoms with E-state index < -0.39 is 29.6 Å². The van der Waals surface area contributed by atoms with Gasteiger partial charge in [0.2, 0.25) is 5.91 Å². The summed E-state index contributed by atoms with van der Waals surface area (Å²) in [6.07, 6.45) is 0.0953. The SMILES string of the molecule is CC(OCc1ccc2cc(CCC(=O)O)ccc2c1)C(CCC(N)=O)NC(=O)OC(C)(C)C. The van der Waals surface area contributed by atoms with Gasteiger partial charge in [-0.15, -0.1) is 0 Å². The van der Waals surface area contributed by atoms with Gasteiger partial charge in [-0.3, -0.25) is 9.59 Å². The number of carbonyl (C=O) groups excluding carboxylic acids is 2. The zero-order valence-corrected chi connectivity index (χ0v) is 19.7. The Morgan fingerprint density at radius 1 is 1.03 bits per heavy atom. The minimum Gasteiger partial charge on any atom is -0.481 e. The fourth-order valence-electron chi connectivity index (χ4n) is 3.37. The number of aliphatic carboxylic acids is 1. The highest BCUT2D eigenvalue weighted by atomic mass is 16.6. The molecule has 33 heavy (non-hydrogen) atoms. The Balaban J connectivity index is 2.02. The number of hydrogen-bond donors (Lipinski definition) is 3. The first-order valence-corrected chi connectivity index (χ1v) is 11.1. The van der Waals surface area contributed by atoms with Gasteiger partial charge in [-0.2, -0.15) is 0 Å². The summed E-state index contributed by atoms with van der Waals surface area (Å²) >= 11 is 0. The molecule has 0 saturated carbocycles. The van der Waals surface area contributed by atoms with Gasteiger partial charge in [-0.1, -0.05) is 30.3 Å². The molecule has 2 amide bonds. The molecule has 180 valence electrons. The molecule has 8 heteroatoms. The third-order valence-corrected chi connectivity index (χ3v) is 5.08. The van der Waals surface area contributed by atoms with Crippen molar-refractivity contribution in [2.45, 2.75) is 77.7 Å². The maximum Gasteiger partial charge on any atom is 0.407 e. The molecule has 8 nitrogen and oxygen atoms in total. The number of carboxylic acids is 1. The number of rotatable bonds is 11. The van der Waals surface area contributed by atoms with Crippen LogP contribution in [0.5, 0.6) is 0 Å². The molecule has 2 rings (SSSR count). The smallest absolute Gasteiger partial charge is 0.407 e. The number of carbonyl (C=O) groups is 3. The highest BCUT2D eigenvalue weighted by molar-refractivity contribution is 5.84. The highest BCUT2D eigenvalue weighted by Gasteiger charge is 2.24. The van der Waals surface area contributed by atoms with E-state index in [1.165, 1.54) is 0 Å². The van der Waals surface area contributed by atoms with Gasteiger partial charge in [0.1, 0.15) is 5.60 Å². The van der Waals surface area contributed by atoms with Gasteiger partial charge < -0.3 is 25.6 Å². The largest absolute Gasteiger partial charge is 0.481 e. The molecule has 0 aliphatic carbocycles. The summed E-state index contributed by atoms with van der Waals surface area (Å²) in [5.74, 6) is -1.26. The van der Waals surface area contributed by atoms with Crippen molar-refractivity contribution in [1.82, 2.24) is 5.32 Å². The Morgan fingerprint density at radius 3 is 2.21 bits per heavy atom. The number of benzene rings is 2. The number of amides is 2. The van der Waals surface area contributed by atoms with Crippen LogP contribution < -0.4 is 11.1 Å². The second-order valence-corrected chi connectivity index (χ2v) is 9.18. The lowest BCUT2D eigenvalue weighted by Gasteiger charge is -2.27. The van der Waals surface area contributed by atoms with E-state index in [2.05, 4.69) is 5.32 Å². The van der Waals surface area contributed by atoms with Gasteiger partial charge in [0.25, 0.3) is 0 Å². The average molecular weight is 459 g/mol. The van der Waals surface area contributed by atoms with Gasteiger partial charge in [-0.05, 0) is 68.5 Å².